The van der Waals surface area contributed by atoms with E-state index < -0.39 is 23.3 Å². The van der Waals surface area contributed by atoms with Gasteiger partial charge in [0.05, 0.1) is 0 Å². The Kier molecular flexibility index (Phi) is 8.91. The van der Waals surface area contributed by atoms with Crippen molar-refractivity contribution >= 4 is 28.6 Å². The molecular weight excluding hydrogens is 502 g/mol. The summed E-state index contributed by atoms with van der Waals surface area (Å²) in [7, 11) is 0. The van der Waals surface area contributed by atoms with Gasteiger partial charge in [-0.1, -0.05) is 73.3 Å². The van der Waals surface area contributed by atoms with Gasteiger partial charge in [0.15, 0.2) is 0 Å². The molecule has 0 aliphatic heterocycles. The lowest BCUT2D eigenvalue weighted by atomic mass is 9.71. The maximum atomic E-state index is 13.6. The normalized spacial score (nSPS) is 21.2. The van der Waals surface area contributed by atoms with Crippen LogP contribution in [0.3, 0.4) is 0 Å². The zero-order valence-electron chi connectivity index (χ0n) is 25.1. The summed E-state index contributed by atoms with van der Waals surface area (Å²) in [4.78, 5) is 43.6. The minimum Gasteiger partial charge on any atom is -0.480 e. The van der Waals surface area contributed by atoms with Crippen molar-refractivity contribution in [3.63, 3.8) is 0 Å². The maximum Gasteiger partial charge on any atom is 0.326 e. The van der Waals surface area contributed by atoms with Crippen molar-refractivity contribution in [3.8, 4) is 0 Å². The molecule has 0 radical (unpaired) electrons. The first kappa shape index (κ1) is 30.0. The van der Waals surface area contributed by atoms with Crippen LogP contribution >= 0.6 is 0 Å². The van der Waals surface area contributed by atoms with Gasteiger partial charge < -0.3 is 15.7 Å². The Bertz CT molecular complexity index is 1240. The van der Waals surface area contributed by atoms with Gasteiger partial charge in [-0.2, -0.15) is 0 Å². The number of nitrogens with zero attached hydrogens (tertiary/aromatic N) is 1. The first-order chi connectivity index (χ1) is 18.7. The third kappa shape index (κ3) is 7.21. The highest BCUT2D eigenvalue weighted by molar-refractivity contribution is 6.08. The molecular formula is C33H47N3O4. The number of carbonyl (C=O) groups is 3. The summed E-state index contributed by atoms with van der Waals surface area (Å²) in [5, 5.41) is 17.1. The quantitative estimate of drug-likeness (QED) is 0.364. The second-order valence-electron chi connectivity index (χ2n) is 14.3. The smallest absolute Gasteiger partial charge is 0.326 e. The molecule has 2 amide bonds. The first-order valence-electron chi connectivity index (χ1n) is 15.0. The van der Waals surface area contributed by atoms with E-state index in [0.717, 1.165) is 56.0 Å². The van der Waals surface area contributed by atoms with Crippen molar-refractivity contribution in [1.82, 2.24) is 15.6 Å². The van der Waals surface area contributed by atoms with E-state index in [1.807, 2.05) is 18.2 Å². The Balaban J connectivity index is 1.61. The molecule has 1 atom stereocenters. The number of carboxylic acid groups (broad SMARTS) is 1. The fourth-order valence-electron chi connectivity index (χ4n) is 6.45. The summed E-state index contributed by atoms with van der Waals surface area (Å²) in [6.45, 7) is 12.2. The summed E-state index contributed by atoms with van der Waals surface area (Å²) in [5.41, 5.74) is 1.09. The fourth-order valence-corrected chi connectivity index (χ4v) is 6.45. The average molecular weight is 550 g/mol. The number of hydrogen-bond acceptors (Lipinski definition) is 4. The molecule has 2 saturated carbocycles. The van der Waals surface area contributed by atoms with E-state index in [1.54, 1.807) is 26.8 Å². The number of carboxylic acids is 1. The van der Waals surface area contributed by atoms with Crippen molar-refractivity contribution in [2.75, 3.05) is 0 Å². The van der Waals surface area contributed by atoms with Gasteiger partial charge >= 0.3 is 5.97 Å². The van der Waals surface area contributed by atoms with Crippen LogP contribution in [0.5, 0.6) is 0 Å². The van der Waals surface area contributed by atoms with E-state index in [-0.39, 0.29) is 23.1 Å². The third-order valence-electron chi connectivity index (χ3n) is 9.01. The number of aliphatic carboxylic acids is 1. The number of aromatic nitrogens is 1. The molecule has 2 aliphatic carbocycles. The molecule has 2 fully saturated rings. The maximum absolute atomic E-state index is 13.6. The molecule has 1 aromatic carbocycles. The van der Waals surface area contributed by atoms with Gasteiger partial charge in [0.25, 0.3) is 11.8 Å². The average Bonchev–Trinajstić information content (AvgIpc) is 3.38. The van der Waals surface area contributed by atoms with Crippen molar-refractivity contribution < 1.29 is 19.5 Å². The molecule has 4 rings (SSSR count). The van der Waals surface area contributed by atoms with Crippen molar-refractivity contribution in [1.29, 1.82) is 0 Å². The summed E-state index contributed by atoms with van der Waals surface area (Å²) < 4.78 is 0. The van der Waals surface area contributed by atoms with Crippen LogP contribution in [0.25, 0.3) is 10.8 Å². The summed E-state index contributed by atoms with van der Waals surface area (Å²) in [5.74, 6) is -0.567. The highest BCUT2D eigenvalue weighted by Gasteiger charge is 2.34. The molecule has 0 bridgehead atoms. The van der Waals surface area contributed by atoms with Crippen LogP contribution in [0.15, 0.2) is 24.3 Å². The van der Waals surface area contributed by atoms with E-state index in [0.29, 0.717) is 22.8 Å². The number of hydrogen-bond donors (Lipinski definition) is 3. The summed E-state index contributed by atoms with van der Waals surface area (Å²) in [6, 6.07) is 6.51. The second kappa shape index (κ2) is 11.9. The predicted molar refractivity (Wildman–Crippen MR) is 158 cm³/mol. The molecule has 2 aromatic rings. The SMILES string of the molecule is CC(C)(C)C1CCC(NC(=O)c2ccc3cc(CC4CCCC4)nc(C(=O)N[C@H](C(=O)O)C(C)(C)C)c3c2)CC1. The molecule has 0 saturated heterocycles. The van der Waals surface area contributed by atoms with Crippen LogP contribution in [0, 0.1) is 22.7 Å². The number of fused-ring (bicyclic) bond motifs is 1. The lowest BCUT2D eigenvalue weighted by molar-refractivity contribution is -0.142. The highest BCUT2D eigenvalue weighted by atomic mass is 16.4. The van der Waals surface area contributed by atoms with Gasteiger partial charge in [0.2, 0.25) is 0 Å². The lowest BCUT2D eigenvalue weighted by Gasteiger charge is -2.37. The van der Waals surface area contributed by atoms with Crippen molar-refractivity contribution in [2.45, 2.75) is 111 Å². The number of rotatable bonds is 7. The Labute approximate surface area is 238 Å². The lowest BCUT2D eigenvalue weighted by Crippen LogP contribution is -2.49. The van der Waals surface area contributed by atoms with E-state index >= 15 is 0 Å². The minimum atomic E-state index is -1.09. The van der Waals surface area contributed by atoms with Crippen LogP contribution in [0.4, 0.5) is 0 Å². The van der Waals surface area contributed by atoms with Crippen LogP contribution in [-0.4, -0.2) is 40.0 Å². The zero-order chi connectivity index (χ0) is 29.2. The number of nitrogens with one attached hydrogen (secondary N) is 2. The number of benzene rings is 1. The Morgan fingerprint density at radius 1 is 0.925 bits per heavy atom. The van der Waals surface area contributed by atoms with Crippen molar-refractivity contribution in [3.05, 3.63) is 41.2 Å². The van der Waals surface area contributed by atoms with E-state index in [2.05, 4.69) is 31.4 Å². The molecule has 0 spiro atoms. The van der Waals surface area contributed by atoms with Gasteiger partial charge in [-0.3, -0.25) is 9.59 Å². The molecule has 3 N–H and O–H groups in total. The van der Waals surface area contributed by atoms with Gasteiger partial charge in [0, 0.05) is 22.7 Å². The molecule has 218 valence electrons. The molecule has 7 nitrogen and oxygen atoms in total. The van der Waals surface area contributed by atoms with Gasteiger partial charge in [-0.15, -0.1) is 0 Å². The summed E-state index contributed by atoms with van der Waals surface area (Å²) in [6.07, 6.45) is 9.66. The Hall–Kier alpha value is -2.96. The van der Waals surface area contributed by atoms with Gasteiger partial charge in [-0.25, -0.2) is 9.78 Å². The van der Waals surface area contributed by atoms with Crippen LogP contribution < -0.4 is 10.6 Å². The Morgan fingerprint density at radius 3 is 2.15 bits per heavy atom. The second-order valence-corrected chi connectivity index (χ2v) is 14.3. The molecule has 2 aliphatic rings. The molecule has 7 heteroatoms. The van der Waals surface area contributed by atoms with E-state index in [1.165, 1.54) is 12.8 Å². The van der Waals surface area contributed by atoms with Crippen LogP contribution in [0.2, 0.25) is 0 Å². The third-order valence-corrected chi connectivity index (χ3v) is 9.01. The number of pyridine rings is 1. The van der Waals surface area contributed by atoms with Crippen LogP contribution in [-0.2, 0) is 11.2 Å². The van der Waals surface area contributed by atoms with E-state index in [9.17, 15) is 19.5 Å². The fraction of sp³-hybridized carbons (Fsp3) is 0.636. The highest BCUT2D eigenvalue weighted by Crippen LogP contribution is 2.38. The van der Waals surface area contributed by atoms with Crippen molar-refractivity contribution in [2.24, 2.45) is 22.7 Å². The Morgan fingerprint density at radius 2 is 1.57 bits per heavy atom. The molecule has 0 unspecified atom stereocenters. The largest absolute Gasteiger partial charge is 0.480 e. The molecule has 40 heavy (non-hydrogen) atoms. The predicted octanol–water partition coefficient (Wildman–Crippen LogP) is 6.53. The minimum absolute atomic E-state index is 0.139. The zero-order valence-corrected chi connectivity index (χ0v) is 25.1. The topological polar surface area (TPSA) is 108 Å². The van der Waals surface area contributed by atoms with Crippen LogP contribution in [0.1, 0.15) is 119 Å². The van der Waals surface area contributed by atoms with Gasteiger partial charge in [0.1, 0.15) is 11.7 Å². The van der Waals surface area contributed by atoms with E-state index in [4.69, 9.17) is 4.98 Å². The molecule has 1 heterocycles. The summed E-state index contributed by atoms with van der Waals surface area (Å²) >= 11 is 0. The monoisotopic (exact) mass is 549 g/mol. The standard InChI is InChI=1S/C33H47N3O4/c1-32(2,3)23-13-15-24(16-14-23)35-29(37)22-12-11-21-18-25(17-20-9-7-8-10-20)34-27(26(21)19-22)30(38)36-28(31(39)40)33(4,5)6/h11-12,18-20,23-24,28H,7-10,13-17H2,1-6H3,(H,35,37)(H,36,38)(H,39,40)/t23?,24?,28-/m1/s1. The molecule has 1 aromatic heterocycles. The van der Waals surface area contributed by atoms with Gasteiger partial charge in [-0.05, 0) is 78.4 Å². The number of amides is 2. The number of carbonyl (C=O) groups excluding carboxylic acids is 2. The first-order valence-corrected chi connectivity index (χ1v) is 15.0.